The van der Waals surface area contributed by atoms with Crippen LogP contribution in [0.1, 0.15) is 35.1 Å². The third-order valence-corrected chi connectivity index (χ3v) is 2.41. The molecule has 0 radical (unpaired) electrons. The van der Waals surface area contributed by atoms with Crippen LogP contribution in [0.4, 0.5) is 0 Å². The monoisotopic (exact) mass is 220 g/mol. The van der Waals surface area contributed by atoms with Gasteiger partial charge in [-0.15, -0.1) is 0 Å². The number of aryl methyl sites for hydroxylation is 2. The maximum absolute atomic E-state index is 11.1. The second-order valence-corrected chi connectivity index (χ2v) is 3.66. The van der Waals surface area contributed by atoms with Crippen molar-refractivity contribution in [2.75, 3.05) is 0 Å². The smallest absolute Gasteiger partial charge is 0.336 e. The highest BCUT2D eigenvalue weighted by Gasteiger charge is 2.17. The van der Waals surface area contributed by atoms with E-state index in [1.54, 1.807) is 13.0 Å². The predicted octanol–water partition coefficient (Wildman–Crippen LogP) is 2.18. The molecule has 0 aliphatic carbocycles. The average molecular weight is 220 g/mol. The number of aromatic nitrogens is 2. The van der Waals surface area contributed by atoms with Crippen molar-refractivity contribution in [3.63, 3.8) is 0 Å². The topological polar surface area (TPSA) is 76.2 Å². The Morgan fingerprint density at radius 3 is 2.94 bits per heavy atom. The van der Waals surface area contributed by atoms with E-state index in [1.165, 1.54) is 0 Å². The van der Waals surface area contributed by atoms with Crippen molar-refractivity contribution in [1.82, 2.24) is 10.1 Å². The Morgan fingerprint density at radius 2 is 2.31 bits per heavy atom. The molecule has 0 aromatic carbocycles. The lowest BCUT2D eigenvalue weighted by Gasteiger charge is -2.01. The molecule has 5 heteroatoms. The van der Waals surface area contributed by atoms with E-state index in [4.69, 9.17) is 9.63 Å². The Labute approximate surface area is 92.1 Å². The highest BCUT2D eigenvalue weighted by molar-refractivity contribution is 6.02. The van der Waals surface area contributed by atoms with Gasteiger partial charge < -0.3 is 9.63 Å². The van der Waals surface area contributed by atoms with Crippen molar-refractivity contribution in [2.24, 2.45) is 0 Å². The molecule has 84 valence electrons. The summed E-state index contributed by atoms with van der Waals surface area (Å²) in [5.41, 5.74) is 1.81. The molecule has 0 atom stereocenters. The van der Waals surface area contributed by atoms with Gasteiger partial charge in [0.2, 0.25) is 0 Å². The molecule has 2 rings (SSSR count). The summed E-state index contributed by atoms with van der Waals surface area (Å²) in [6, 6.07) is 1.60. The molecule has 0 spiro atoms. The normalized spacial score (nSPS) is 10.9. The average Bonchev–Trinajstić information content (AvgIpc) is 2.60. The van der Waals surface area contributed by atoms with Crippen LogP contribution in [0, 0.1) is 6.92 Å². The van der Waals surface area contributed by atoms with Gasteiger partial charge >= 0.3 is 5.97 Å². The van der Waals surface area contributed by atoms with Crippen molar-refractivity contribution >= 4 is 17.1 Å². The summed E-state index contributed by atoms with van der Waals surface area (Å²) < 4.78 is 5.00. The van der Waals surface area contributed by atoms with Gasteiger partial charge in [-0.05, 0) is 19.4 Å². The molecule has 0 aliphatic heterocycles. The molecule has 5 nitrogen and oxygen atoms in total. The molecule has 0 unspecified atom stereocenters. The third-order valence-electron chi connectivity index (χ3n) is 2.41. The summed E-state index contributed by atoms with van der Waals surface area (Å²) in [6.45, 7) is 3.72. The highest BCUT2D eigenvalue weighted by Crippen LogP contribution is 2.22. The molecule has 0 aliphatic rings. The van der Waals surface area contributed by atoms with Crippen LogP contribution in [0.3, 0.4) is 0 Å². The second-order valence-electron chi connectivity index (χ2n) is 3.66. The lowest BCUT2D eigenvalue weighted by atomic mass is 10.1. The minimum atomic E-state index is -0.976. The zero-order chi connectivity index (χ0) is 11.7. The summed E-state index contributed by atoms with van der Waals surface area (Å²) in [6.07, 6.45) is 1.64. The SMILES string of the molecule is CCCc1cc(C(=O)O)c2c(C)noc2n1. The highest BCUT2D eigenvalue weighted by atomic mass is 16.5. The van der Waals surface area contributed by atoms with E-state index < -0.39 is 5.97 Å². The Bertz CT molecular complexity index is 545. The maximum atomic E-state index is 11.1. The second kappa shape index (κ2) is 3.92. The van der Waals surface area contributed by atoms with Gasteiger partial charge in [-0.1, -0.05) is 18.5 Å². The first-order chi connectivity index (χ1) is 7.63. The van der Waals surface area contributed by atoms with E-state index >= 15 is 0 Å². The van der Waals surface area contributed by atoms with Crippen molar-refractivity contribution in [2.45, 2.75) is 26.7 Å². The largest absolute Gasteiger partial charge is 0.478 e. The fraction of sp³-hybridized carbons (Fsp3) is 0.364. The number of hydrogen-bond donors (Lipinski definition) is 1. The van der Waals surface area contributed by atoms with Crippen molar-refractivity contribution < 1.29 is 14.4 Å². The third kappa shape index (κ3) is 1.64. The molecule has 0 fully saturated rings. The molecule has 0 bridgehead atoms. The summed E-state index contributed by atoms with van der Waals surface area (Å²) in [5.74, 6) is -0.976. The first kappa shape index (κ1) is 10.6. The standard InChI is InChI=1S/C11H12N2O3/c1-3-4-7-5-8(11(14)15)9-6(2)13-16-10(9)12-7/h5H,3-4H2,1-2H3,(H,14,15). The van der Waals surface area contributed by atoms with E-state index in [0.717, 1.165) is 18.5 Å². The number of carboxylic acid groups (broad SMARTS) is 1. The van der Waals surface area contributed by atoms with Gasteiger partial charge in [-0.25, -0.2) is 9.78 Å². The molecule has 16 heavy (non-hydrogen) atoms. The first-order valence-electron chi connectivity index (χ1n) is 5.12. The van der Waals surface area contributed by atoms with E-state index in [9.17, 15) is 4.79 Å². The van der Waals surface area contributed by atoms with Gasteiger partial charge in [0.1, 0.15) is 0 Å². The molecular weight excluding hydrogens is 208 g/mol. The summed E-state index contributed by atoms with van der Waals surface area (Å²) in [5, 5.41) is 13.4. The Kier molecular flexibility index (Phi) is 2.60. The van der Waals surface area contributed by atoms with Crippen LogP contribution in [0.2, 0.25) is 0 Å². The maximum Gasteiger partial charge on any atom is 0.336 e. The molecule has 0 saturated heterocycles. The number of aromatic carboxylic acids is 1. The Morgan fingerprint density at radius 1 is 1.56 bits per heavy atom. The molecular formula is C11H12N2O3. The first-order valence-corrected chi connectivity index (χ1v) is 5.12. The fourth-order valence-electron chi connectivity index (χ4n) is 1.70. The minimum Gasteiger partial charge on any atom is -0.478 e. The number of hydrogen-bond acceptors (Lipinski definition) is 4. The molecule has 0 amide bonds. The number of fused-ring (bicyclic) bond motifs is 1. The number of nitrogens with zero attached hydrogens (tertiary/aromatic N) is 2. The van der Waals surface area contributed by atoms with Gasteiger partial charge in [-0.2, -0.15) is 0 Å². The zero-order valence-corrected chi connectivity index (χ0v) is 9.15. The lowest BCUT2D eigenvalue weighted by molar-refractivity contribution is 0.0698. The molecule has 2 heterocycles. The zero-order valence-electron chi connectivity index (χ0n) is 9.15. The lowest BCUT2D eigenvalue weighted by Crippen LogP contribution is -2.01. The number of rotatable bonds is 3. The van der Waals surface area contributed by atoms with Crippen LogP contribution in [-0.2, 0) is 6.42 Å². The van der Waals surface area contributed by atoms with Gasteiger partial charge in [0.05, 0.1) is 16.6 Å². The van der Waals surface area contributed by atoms with E-state index in [1.807, 2.05) is 6.92 Å². The predicted molar refractivity (Wildman–Crippen MR) is 57.5 cm³/mol. The molecule has 2 aromatic heterocycles. The van der Waals surface area contributed by atoms with Crippen LogP contribution < -0.4 is 0 Å². The van der Waals surface area contributed by atoms with Gasteiger partial charge in [-0.3, -0.25) is 0 Å². The number of carbonyl (C=O) groups is 1. The van der Waals surface area contributed by atoms with Crippen LogP contribution in [0.25, 0.3) is 11.1 Å². The van der Waals surface area contributed by atoms with E-state index in [-0.39, 0.29) is 5.56 Å². The fourth-order valence-corrected chi connectivity index (χ4v) is 1.70. The van der Waals surface area contributed by atoms with Gasteiger partial charge in [0, 0.05) is 5.69 Å². The van der Waals surface area contributed by atoms with Gasteiger partial charge in [0.25, 0.3) is 5.71 Å². The number of carboxylic acids is 1. The van der Waals surface area contributed by atoms with Crippen molar-refractivity contribution in [1.29, 1.82) is 0 Å². The van der Waals surface area contributed by atoms with Crippen LogP contribution in [-0.4, -0.2) is 21.2 Å². The Balaban J connectivity index is 2.70. The van der Waals surface area contributed by atoms with E-state index in [2.05, 4.69) is 10.1 Å². The van der Waals surface area contributed by atoms with Crippen molar-refractivity contribution in [3.8, 4) is 0 Å². The van der Waals surface area contributed by atoms with Crippen LogP contribution >= 0.6 is 0 Å². The van der Waals surface area contributed by atoms with Gasteiger partial charge in [0.15, 0.2) is 0 Å². The van der Waals surface area contributed by atoms with Crippen LogP contribution in [0.5, 0.6) is 0 Å². The van der Waals surface area contributed by atoms with E-state index in [0.29, 0.717) is 16.8 Å². The van der Waals surface area contributed by atoms with Crippen LogP contribution in [0.15, 0.2) is 10.6 Å². The molecule has 0 saturated carbocycles. The Hall–Kier alpha value is -1.91. The summed E-state index contributed by atoms with van der Waals surface area (Å²) >= 11 is 0. The summed E-state index contributed by atoms with van der Waals surface area (Å²) in [4.78, 5) is 15.4. The van der Waals surface area contributed by atoms with Crippen molar-refractivity contribution in [3.05, 3.63) is 23.0 Å². The quantitative estimate of drug-likeness (QED) is 0.857. The number of pyridine rings is 1. The minimum absolute atomic E-state index is 0.215. The summed E-state index contributed by atoms with van der Waals surface area (Å²) in [7, 11) is 0. The molecule has 2 aromatic rings. The molecule has 1 N–H and O–H groups in total.